The normalized spacial score (nSPS) is 12.2. The van der Waals surface area contributed by atoms with E-state index in [1.807, 2.05) is 12.1 Å². The maximum absolute atomic E-state index is 12.5. The van der Waals surface area contributed by atoms with E-state index in [0.717, 1.165) is 12.0 Å². The Morgan fingerprint density at radius 2 is 1.70 bits per heavy atom. The minimum absolute atomic E-state index is 0.119. The predicted octanol–water partition coefficient (Wildman–Crippen LogP) is 3.39. The van der Waals surface area contributed by atoms with Gasteiger partial charge in [0, 0.05) is 24.0 Å². The van der Waals surface area contributed by atoms with Gasteiger partial charge in [-0.05, 0) is 68.1 Å². The maximum Gasteiger partial charge on any atom is 0.303 e. The molecule has 0 aliphatic heterocycles. The molecule has 33 heavy (non-hydrogen) atoms. The number of ether oxygens (including phenoxy) is 1. The van der Waals surface area contributed by atoms with Crippen LogP contribution in [0.2, 0.25) is 5.02 Å². The SMILES string of the molecule is CC(Cc1ccc(OCC(=O)NCCCCCC(=O)O)cc1)NS(=O)(=O)c1ccc(Cl)cc1. The number of unbranched alkanes of at least 4 members (excludes halogenated alkanes) is 2. The number of carbonyl (C=O) groups excluding carboxylic acids is 1. The Bertz CT molecular complexity index is 1010. The zero-order valence-corrected chi connectivity index (χ0v) is 20.0. The maximum atomic E-state index is 12.5. The molecule has 1 amide bonds. The molecule has 3 N–H and O–H groups in total. The second-order valence-electron chi connectivity index (χ2n) is 7.67. The van der Waals surface area contributed by atoms with Crippen molar-refractivity contribution in [1.82, 2.24) is 10.0 Å². The van der Waals surface area contributed by atoms with Gasteiger partial charge in [-0.1, -0.05) is 30.2 Å². The van der Waals surface area contributed by atoms with Crippen molar-refractivity contribution in [2.75, 3.05) is 13.2 Å². The van der Waals surface area contributed by atoms with Gasteiger partial charge in [0.1, 0.15) is 5.75 Å². The van der Waals surface area contributed by atoms with E-state index in [1.165, 1.54) is 24.3 Å². The van der Waals surface area contributed by atoms with Gasteiger partial charge in [-0.2, -0.15) is 0 Å². The third-order valence-corrected chi connectivity index (χ3v) is 6.56. The Morgan fingerprint density at radius 3 is 2.33 bits per heavy atom. The highest BCUT2D eigenvalue weighted by Gasteiger charge is 2.17. The van der Waals surface area contributed by atoms with Crippen LogP contribution < -0.4 is 14.8 Å². The minimum atomic E-state index is -3.64. The number of rotatable bonds is 14. The molecule has 0 heterocycles. The van der Waals surface area contributed by atoms with Crippen molar-refractivity contribution in [3.8, 4) is 5.75 Å². The van der Waals surface area contributed by atoms with E-state index in [0.29, 0.717) is 36.6 Å². The van der Waals surface area contributed by atoms with Gasteiger partial charge in [0.15, 0.2) is 6.61 Å². The van der Waals surface area contributed by atoms with Crippen molar-refractivity contribution in [1.29, 1.82) is 0 Å². The predicted molar refractivity (Wildman–Crippen MR) is 126 cm³/mol. The quantitative estimate of drug-likeness (QED) is 0.345. The van der Waals surface area contributed by atoms with Crippen molar-refractivity contribution in [3.63, 3.8) is 0 Å². The minimum Gasteiger partial charge on any atom is -0.484 e. The highest BCUT2D eigenvalue weighted by Crippen LogP contribution is 2.16. The standard InChI is InChI=1S/C23H29ClN2O6S/c1-17(26-33(30,31)21-12-8-19(24)9-13-21)15-18-6-10-20(11-7-18)32-16-22(27)25-14-4-2-3-5-23(28)29/h6-13,17,26H,2-5,14-16H2,1H3,(H,25,27)(H,28,29). The van der Waals surface area contributed by atoms with Crippen LogP contribution in [0.15, 0.2) is 53.4 Å². The Morgan fingerprint density at radius 1 is 1.03 bits per heavy atom. The molecule has 2 rings (SSSR count). The number of hydrogen-bond donors (Lipinski definition) is 3. The van der Waals surface area contributed by atoms with Crippen molar-refractivity contribution in [3.05, 3.63) is 59.1 Å². The first kappa shape index (κ1) is 26.6. The highest BCUT2D eigenvalue weighted by atomic mass is 35.5. The summed E-state index contributed by atoms with van der Waals surface area (Å²) < 4.78 is 33.1. The average molecular weight is 497 g/mol. The first-order chi connectivity index (χ1) is 15.7. The molecule has 0 saturated carbocycles. The summed E-state index contributed by atoms with van der Waals surface area (Å²) in [5.41, 5.74) is 0.916. The van der Waals surface area contributed by atoms with Crippen LogP contribution in [0, 0.1) is 0 Å². The van der Waals surface area contributed by atoms with Gasteiger partial charge in [-0.15, -0.1) is 0 Å². The molecule has 1 atom stereocenters. The fraction of sp³-hybridized carbons (Fsp3) is 0.391. The number of benzene rings is 2. The first-order valence-electron chi connectivity index (χ1n) is 10.6. The Labute approximate surface area is 199 Å². The Kier molecular flexibility index (Phi) is 10.6. The van der Waals surface area contributed by atoms with E-state index in [-0.39, 0.29) is 29.9 Å². The lowest BCUT2D eigenvalue weighted by atomic mass is 10.1. The average Bonchev–Trinajstić information content (AvgIpc) is 2.75. The lowest BCUT2D eigenvalue weighted by molar-refractivity contribution is -0.137. The summed E-state index contributed by atoms with van der Waals surface area (Å²) >= 11 is 5.81. The van der Waals surface area contributed by atoms with Gasteiger partial charge in [-0.3, -0.25) is 9.59 Å². The van der Waals surface area contributed by atoms with Crippen molar-refractivity contribution < 1.29 is 27.9 Å². The first-order valence-corrected chi connectivity index (χ1v) is 12.5. The molecule has 10 heteroatoms. The molecular formula is C23H29ClN2O6S. The summed E-state index contributed by atoms with van der Waals surface area (Å²) in [6.07, 6.45) is 2.67. The zero-order valence-electron chi connectivity index (χ0n) is 18.4. The number of carboxylic acids is 1. The van der Waals surface area contributed by atoms with Crippen LogP contribution in [0.5, 0.6) is 5.75 Å². The summed E-state index contributed by atoms with van der Waals surface area (Å²) in [4.78, 5) is 22.4. The van der Waals surface area contributed by atoms with Crippen LogP contribution in [0.1, 0.15) is 38.2 Å². The third-order valence-electron chi connectivity index (χ3n) is 4.71. The molecule has 180 valence electrons. The smallest absolute Gasteiger partial charge is 0.303 e. The number of hydrogen-bond acceptors (Lipinski definition) is 5. The second-order valence-corrected chi connectivity index (χ2v) is 9.82. The van der Waals surface area contributed by atoms with Gasteiger partial charge in [-0.25, -0.2) is 13.1 Å². The lowest BCUT2D eigenvalue weighted by Gasteiger charge is -2.15. The number of aliphatic carboxylic acids is 1. The summed E-state index contributed by atoms with van der Waals surface area (Å²) in [5, 5.41) is 11.8. The largest absolute Gasteiger partial charge is 0.484 e. The van der Waals surface area contributed by atoms with E-state index in [2.05, 4.69) is 10.0 Å². The molecule has 0 bridgehead atoms. The van der Waals surface area contributed by atoms with E-state index in [9.17, 15) is 18.0 Å². The molecule has 0 spiro atoms. The number of sulfonamides is 1. The van der Waals surface area contributed by atoms with Gasteiger partial charge >= 0.3 is 5.97 Å². The summed E-state index contributed by atoms with van der Waals surface area (Å²) in [6, 6.07) is 12.7. The fourth-order valence-electron chi connectivity index (χ4n) is 3.07. The molecule has 0 aliphatic carbocycles. The van der Waals surface area contributed by atoms with Crippen LogP contribution in [0.25, 0.3) is 0 Å². The van der Waals surface area contributed by atoms with Crippen molar-refractivity contribution in [2.24, 2.45) is 0 Å². The van der Waals surface area contributed by atoms with Crippen molar-refractivity contribution >= 4 is 33.5 Å². The third kappa shape index (κ3) is 10.2. The molecule has 1 unspecified atom stereocenters. The molecule has 2 aromatic rings. The van der Waals surface area contributed by atoms with E-state index >= 15 is 0 Å². The van der Waals surface area contributed by atoms with Crippen molar-refractivity contribution in [2.45, 2.75) is 50.0 Å². The molecule has 0 saturated heterocycles. The van der Waals surface area contributed by atoms with Gasteiger partial charge in [0.05, 0.1) is 4.90 Å². The lowest BCUT2D eigenvalue weighted by Crippen LogP contribution is -2.34. The van der Waals surface area contributed by atoms with Crippen LogP contribution in [0.3, 0.4) is 0 Å². The molecule has 0 aliphatic rings. The van der Waals surface area contributed by atoms with Gasteiger partial charge in [0.2, 0.25) is 10.0 Å². The number of amides is 1. The monoisotopic (exact) mass is 496 g/mol. The summed E-state index contributed by atoms with van der Waals surface area (Å²) in [7, 11) is -3.64. The van der Waals surface area contributed by atoms with Crippen LogP contribution in [-0.4, -0.2) is 44.6 Å². The van der Waals surface area contributed by atoms with Crippen LogP contribution >= 0.6 is 11.6 Å². The number of nitrogens with one attached hydrogen (secondary N) is 2. The topological polar surface area (TPSA) is 122 Å². The fourth-order valence-corrected chi connectivity index (χ4v) is 4.44. The van der Waals surface area contributed by atoms with E-state index in [1.54, 1.807) is 19.1 Å². The van der Waals surface area contributed by atoms with Gasteiger partial charge < -0.3 is 15.2 Å². The van der Waals surface area contributed by atoms with Crippen LogP contribution in [-0.2, 0) is 26.0 Å². The number of carbonyl (C=O) groups is 2. The summed E-state index contributed by atoms with van der Waals surface area (Å²) in [5.74, 6) is -0.528. The Hall–Kier alpha value is -2.62. The molecule has 0 fully saturated rings. The molecule has 0 aromatic heterocycles. The molecule has 8 nitrogen and oxygen atoms in total. The second kappa shape index (κ2) is 13.2. The molecule has 2 aromatic carbocycles. The van der Waals surface area contributed by atoms with E-state index in [4.69, 9.17) is 21.4 Å². The zero-order chi connectivity index (χ0) is 24.3. The van der Waals surface area contributed by atoms with E-state index < -0.39 is 16.0 Å². The number of halogens is 1. The van der Waals surface area contributed by atoms with Gasteiger partial charge in [0.25, 0.3) is 5.91 Å². The molecular weight excluding hydrogens is 468 g/mol. The number of carboxylic acid groups (broad SMARTS) is 1. The van der Waals surface area contributed by atoms with Crippen LogP contribution in [0.4, 0.5) is 0 Å². The summed E-state index contributed by atoms with van der Waals surface area (Å²) in [6.45, 7) is 2.14. The molecule has 0 radical (unpaired) electrons. The Balaban J connectivity index is 1.72. The highest BCUT2D eigenvalue weighted by molar-refractivity contribution is 7.89.